The second-order valence-electron chi connectivity index (χ2n) is 3.87. The molecule has 96 valence electrons. The lowest BCUT2D eigenvalue weighted by Crippen LogP contribution is -1.87. The van der Waals surface area contributed by atoms with E-state index in [-0.39, 0.29) is 0 Å². The number of nitrogen functional groups attached to an aromatic ring is 1. The maximum Gasteiger partial charge on any atom is 0.178 e. The van der Waals surface area contributed by atoms with Crippen LogP contribution in [0.4, 0.5) is 5.82 Å². The number of aromatic nitrogens is 1. The first-order valence-corrected chi connectivity index (χ1v) is 7.88. The minimum Gasteiger partial charge on any atom is -0.380 e. The van der Waals surface area contributed by atoms with Crippen LogP contribution < -0.4 is 5.73 Å². The Hall–Kier alpha value is -1.11. The molecule has 0 saturated heterocycles. The van der Waals surface area contributed by atoms with E-state index in [1.807, 2.05) is 35.7 Å². The van der Waals surface area contributed by atoms with Crippen LogP contribution in [-0.2, 0) is 0 Å². The van der Waals surface area contributed by atoms with Gasteiger partial charge in [0.05, 0.1) is 5.56 Å². The van der Waals surface area contributed by atoms with Crippen molar-refractivity contribution in [3.05, 3.63) is 44.7 Å². The fraction of sp³-hybridized carbons (Fsp3) is 0. The predicted octanol–water partition coefficient (Wildman–Crippen LogP) is 5.18. The molecule has 19 heavy (non-hydrogen) atoms. The Morgan fingerprint density at radius 3 is 2.74 bits per heavy atom. The minimum absolute atomic E-state index is 0.410. The van der Waals surface area contributed by atoms with Crippen molar-refractivity contribution in [2.45, 2.75) is 0 Å². The number of rotatable bonds is 2. The van der Waals surface area contributed by atoms with Crippen LogP contribution in [0.15, 0.2) is 49.2 Å². The second kappa shape index (κ2) is 5.11. The third kappa shape index (κ3) is 2.35. The van der Waals surface area contributed by atoms with Gasteiger partial charge in [-0.15, -0.1) is 11.3 Å². The van der Waals surface area contributed by atoms with Crippen LogP contribution in [0.1, 0.15) is 0 Å². The summed E-state index contributed by atoms with van der Waals surface area (Å²) in [5.41, 5.74) is 7.70. The minimum atomic E-state index is 0.410. The molecule has 0 fully saturated rings. The number of nitrogens with two attached hydrogens (primary N) is 1. The van der Waals surface area contributed by atoms with Crippen molar-refractivity contribution in [1.29, 1.82) is 0 Å². The summed E-state index contributed by atoms with van der Waals surface area (Å²) >= 11 is 8.58. The number of halogens is 2. The topological polar surface area (TPSA) is 52.0 Å². The molecule has 3 aromatic rings. The summed E-state index contributed by atoms with van der Waals surface area (Å²) in [4.78, 5) is 1.04. The van der Waals surface area contributed by atoms with Gasteiger partial charge in [-0.25, -0.2) is 0 Å². The van der Waals surface area contributed by atoms with Crippen molar-refractivity contribution < 1.29 is 4.52 Å². The van der Waals surface area contributed by atoms with Gasteiger partial charge in [0.15, 0.2) is 11.6 Å². The lowest BCUT2D eigenvalue weighted by molar-refractivity contribution is 0.436. The van der Waals surface area contributed by atoms with Crippen LogP contribution in [0, 0.1) is 0 Å². The van der Waals surface area contributed by atoms with Crippen LogP contribution >= 0.6 is 43.2 Å². The third-order valence-electron chi connectivity index (χ3n) is 2.66. The summed E-state index contributed by atoms with van der Waals surface area (Å²) in [5.74, 6) is 1.09. The highest BCUT2D eigenvalue weighted by molar-refractivity contribution is 9.11. The molecule has 0 radical (unpaired) electrons. The zero-order valence-corrected chi connectivity index (χ0v) is 13.5. The first kappa shape index (κ1) is 12.9. The SMILES string of the molecule is Nc1noc(-c2ccc(Br)cc2Br)c1-c1cccs1. The zero-order valence-electron chi connectivity index (χ0n) is 9.56. The van der Waals surface area contributed by atoms with Crippen LogP contribution in [0.5, 0.6) is 0 Å². The molecular weight excluding hydrogens is 392 g/mol. The average molecular weight is 400 g/mol. The van der Waals surface area contributed by atoms with Crippen molar-refractivity contribution in [1.82, 2.24) is 5.16 Å². The first-order valence-electron chi connectivity index (χ1n) is 5.41. The van der Waals surface area contributed by atoms with Crippen molar-refractivity contribution in [3.63, 3.8) is 0 Å². The van der Waals surface area contributed by atoms with Crippen molar-refractivity contribution in [3.8, 4) is 21.8 Å². The highest BCUT2D eigenvalue weighted by Crippen LogP contribution is 2.41. The number of nitrogens with zero attached hydrogens (tertiary/aromatic N) is 1. The molecule has 0 aliphatic rings. The Bertz CT molecular complexity index is 722. The van der Waals surface area contributed by atoms with Crippen molar-refractivity contribution in [2.75, 3.05) is 5.73 Å². The summed E-state index contributed by atoms with van der Waals surface area (Å²) in [5, 5.41) is 5.89. The molecule has 0 saturated carbocycles. The Morgan fingerprint density at radius 2 is 2.05 bits per heavy atom. The van der Waals surface area contributed by atoms with Crippen LogP contribution in [0.2, 0.25) is 0 Å². The molecular formula is C13H8Br2N2OS. The number of hydrogen-bond acceptors (Lipinski definition) is 4. The van der Waals surface area contributed by atoms with E-state index in [2.05, 4.69) is 37.0 Å². The Kier molecular flexibility index (Phi) is 3.47. The monoisotopic (exact) mass is 398 g/mol. The molecule has 1 aromatic carbocycles. The van der Waals surface area contributed by atoms with E-state index in [1.54, 1.807) is 11.3 Å². The van der Waals surface area contributed by atoms with Crippen molar-refractivity contribution >= 4 is 49.0 Å². The quantitative estimate of drug-likeness (QED) is 0.645. The summed E-state index contributed by atoms with van der Waals surface area (Å²) in [6.07, 6.45) is 0. The van der Waals surface area contributed by atoms with Gasteiger partial charge < -0.3 is 10.3 Å². The van der Waals surface area contributed by atoms with E-state index >= 15 is 0 Å². The Balaban J connectivity index is 2.21. The highest BCUT2D eigenvalue weighted by atomic mass is 79.9. The van der Waals surface area contributed by atoms with E-state index in [1.165, 1.54) is 0 Å². The normalized spacial score (nSPS) is 10.8. The van der Waals surface area contributed by atoms with Gasteiger partial charge in [-0.1, -0.05) is 27.2 Å². The van der Waals surface area contributed by atoms with E-state index in [0.29, 0.717) is 11.6 Å². The molecule has 0 atom stereocenters. The second-order valence-corrected chi connectivity index (χ2v) is 6.59. The standard InChI is InChI=1S/C13H8Br2N2OS/c14-7-3-4-8(9(15)6-7)12-11(13(16)17-18-12)10-2-1-5-19-10/h1-6H,(H2,16,17). The van der Waals surface area contributed by atoms with Gasteiger partial charge in [-0.3, -0.25) is 0 Å². The highest BCUT2D eigenvalue weighted by Gasteiger charge is 2.20. The van der Waals surface area contributed by atoms with Crippen LogP contribution in [-0.4, -0.2) is 5.16 Å². The summed E-state index contributed by atoms with van der Waals surface area (Å²) < 4.78 is 7.33. The first-order chi connectivity index (χ1) is 9.16. The van der Waals surface area contributed by atoms with Gasteiger partial charge in [0.2, 0.25) is 0 Å². The van der Waals surface area contributed by atoms with Gasteiger partial charge in [0, 0.05) is 19.4 Å². The van der Waals surface area contributed by atoms with Gasteiger partial charge in [0.25, 0.3) is 0 Å². The number of anilines is 1. The van der Waals surface area contributed by atoms with E-state index in [0.717, 1.165) is 24.9 Å². The smallest absolute Gasteiger partial charge is 0.178 e. The molecule has 3 nitrogen and oxygen atoms in total. The van der Waals surface area contributed by atoms with E-state index in [4.69, 9.17) is 10.3 Å². The molecule has 2 heterocycles. The summed E-state index contributed by atoms with van der Waals surface area (Å²) in [6, 6.07) is 9.87. The Labute approximate surface area is 130 Å². The zero-order chi connectivity index (χ0) is 13.4. The fourth-order valence-electron chi connectivity index (χ4n) is 1.82. The van der Waals surface area contributed by atoms with E-state index < -0.39 is 0 Å². The number of thiophene rings is 1. The maximum atomic E-state index is 5.93. The van der Waals surface area contributed by atoms with Gasteiger partial charge in [-0.2, -0.15) is 0 Å². The third-order valence-corrected chi connectivity index (χ3v) is 4.70. The van der Waals surface area contributed by atoms with Gasteiger partial charge >= 0.3 is 0 Å². The van der Waals surface area contributed by atoms with E-state index in [9.17, 15) is 0 Å². The lowest BCUT2D eigenvalue weighted by atomic mass is 10.1. The maximum absolute atomic E-state index is 5.93. The van der Waals surface area contributed by atoms with Crippen molar-refractivity contribution in [2.24, 2.45) is 0 Å². The molecule has 6 heteroatoms. The molecule has 0 spiro atoms. The number of hydrogen-bond donors (Lipinski definition) is 1. The van der Waals surface area contributed by atoms with Gasteiger partial charge in [-0.05, 0) is 45.6 Å². The molecule has 0 aliphatic carbocycles. The molecule has 0 aliphatic heterocycles. The largest absolute Gasteiger partial charge is 0.380 e. The van der Waals surface area contributed by atoms with Crippen LogP contribution in [0.3, 0.4) is 0 Å². The summed E-state index contributed by atoms with van der Waals surface area (Å²) in [6.45, 7) is 0. The number of benzene rings is 1. The Morgan fingerprint density at radius 1 is 1.21 bits per heavy atom. The lowest BCUT2D eigenvalue weighted by Gasteiger charge is -2.03. The fourth-order valence-corrected chi connectivity index (χ4v) is 3.82. The molecule has 0 amide bonds. The van der Waals surface area contributed by atoms with Gasteiger partial charge in [0.1, 0.15) is 0 Å². The molecule has 3 rings (SSSR count). The molecule has 2 aromatic heterocycles. The molecule has 0 bridgehead atoms. The van der Waals surface area contributed by atoms with Crippen LogP contribution in [0.25, 0.3) is 21.8 Å². The summed E-state index contributed by atoms with van der Waals surface area (Å²) in [7, 11) is 0. The molecule has 0 unspecified atom stereocenters. The predicted molar refractivity (Wildman–Crippen MR) is 85.1 cm³/mol. The molecule has 2 N–H and O–H groups in total. The average Bonchev–Trinajstić information content (AvgIpc) is 2.98.